The first-order valence-corrected chi connectivity index (χ1v) is 5.04. The predicted octanol–water partition coefficient (Wildman–Crippen LogP) is 2.65. The molecule has 0 aliphatic rings. The van der Waals surface area contributed by atoms with E-state index in [4.69, 9.17) is 0 Å². The molecule has 0 aliphatic heterocycles. The van der Waals surface area contributed by atoms with Crippen LogP contribution >= 0.6 is 0 Å². The maximum atomic E-state index is 12.2. The Morgan fingerprint density at radius 3 is 2.12 bits per heavy atom. The van der Waals surface area contributed by atoms with Gasteiger partial charge in [0.1, 0.15) is 5.78 Å². The van der Waals surface area contributed by atoms with Crippen molar-refractivity contribution in [2.24, 2.45) is 5.41 Å². The van der Waals surface area contributed by atoms with Crippen LogP contribution in [0.1, 0.15) is 32.2 Å². The van der Waals surface area contributed by atoms with Gasteiger partial charge in [0.05, 0.1) is 12.1 Å². The Kier molecular flexibility index (Phi) is 3.54. The predicted molar refractivity (Wildman–Crippen MR) is 55.2 cm³/mol. The number of alkyl halides is 3. The van der Waals surface area contributed by atoms with E-state index in [9.17, 15) is 18.0 Å². The molecule has 0 aromatic carbocycles. The maximum Gasteiger partial charge on any atom is 0.435 e. The van der Waals surface area contributed by atoms with Gasteiger partial charge in [-0.05, 0) is 12.1 Å². The molecule has 6 heteroatoms. The van der Waals surface area contributed by atoms with Crippen LogP contribution in [0.15, 0.2) is 12.1 Å². The van der Waals surface area contributed by atoms with Gasteiger partial charge in [-0.3, -0.25) is 4.79 Å². The minimum atomic E-state index is -4.50. The van der Waals surface area contributed by atoms with Crippen LogP contribution in [0.3, 0.4) is 0 Å². The molecule has 1 rings (SSSR count). The average molecular weight is 246 g/mol. The van der Waals surface area contributed by atoms with Crippen molar-refractivity contribution in [2.75, 3.05) is 0 Å². The Labute approximate surface area is 97.1 Å². The molecule has 0 spiro atoms. The molecule has 0 unspecified atom stereocenters. The van der Waals surface area contributed by atoms with E-state index in [1.54, 1.807) is 20.8 Å². The third kappa shape index (κ3) is 3.80. The second-order valence-electron chi connectivity index (χ2n) is 4.76. The molecule has 0 saturated heterocycles. The van der Waals surface area contributed by atoms with E-state index in [1.807, 2.05) is 0 Å². The average Bonchev–Trinajstić information content (AvgIpc) is 2.15. The molecule has 1 aromatic rings. The fourth-order valence-electron chi connectivity index (χ4n) is 1.04. The summed E-state index contributed by atoms with van der Waals surface area (Å²) in [7, 11) is 0. The second kappa shape index (κ2) is 4.43. The van der Waals surface area contributed by atoms with E-state index < -0.39 is 17.3 Å². The van der Waals surface area contributed by atoms with Gasteiger partial charge in [-0.25, -0.2) is 0 Å². The summed E-state index contributed by atoms with van der Waals surface area (Å²) in [6, 6.07) is 2.01. The lowest BCUT2D eigenvalue weighted by Crippen LogP contribution is -2.23. The van der Waals surface area contributed by atoms with Crippen molar-refractivity contribution >= 4 is 5.78 Å². The van der Waals surface area contributed by atoms with Crippen LogP contribution in [0.5, 0.6) is 0 Å². The molecule has 0 bridgehead atoms. The van der Waals surface area contributed by atoms with Gasteiger partial charge in [0.2, 0.25) is 0 Å². The molecule has 1 aromatic heterocycles. The number of nitrogens with zero attached hydrogens (tertiary/aromatic N) is 2. The van der Waals surface area contributed by atoms with Gasteiger partial charge < -0.3 is 0 Å². The van der Waals surface area contributed by atoms with Gasteiger partial charge in [0.25, 0.3) is 0 Å². The SMILES string of the molecule is CC(C)(C)C(=O)Cc1ccc(C(F)(F)F)nn1. The molecular formula is C11H13F3N2O. The van der Waals surface area contributed by atoms with Crippen molar-refractivity contribution in [3.8, 4) is 0 Å². The van der Waals surface area contributed by atoms with Crippen molar-refractivity contribution < 1.29 is 18.0 Å². The number of Topliss-reactive ketones (excluding diaryl/α,β-unsaturated/α-hetero) is 1. The number of aromatic nitrogens is 2. The van der Waals surface area contributed by atoms with Crippen molar-refractivity contribution in [3.63, 3.8) is 0 Å². The molecule has 0 amide bonds. The quantitative estimate of drug-likeness (QED) is 0.805. The number of rotatable bonds is 2. The molecule has 0 fully saturated rings. The van der Waals surface area contributed by atoms with Crippen LogP contribution < -0.4 is 0 Å². The number of ketones is 1. The van der Waals surface area contributed by atoms with E-state index in [-0.39, 0.29) is 17.9 Å². The van der Waals surface area contributed by atoms with Crippen LogP contribution in [0.4, 0.5) is 13.2 Å². The summed E-state index contributed by atoms with van der Waals surface area (Å²) in [6.07, 6.45) is -4.51. The fourth-order valence-corrected chi connectivity index (χ4v) is 1.04. The molecule has 3 nitrogen and oxygen atoms in total. The van der Waals surface area contributed by atoms with Crippen molar-refractivity contribution in [3.05, 3.63) is 23.5 Å². The first-order valence-electron chi connectivity index (χ1n) is 5.04. The van der Waals surface area contributed by atoms with Crippen molar-refractivity contribution in [1.29, 1.82) is 0 Å². The first kappa shape index (κ1) is 13.6. The largest absolute Gasteiger partial charge is 0.435 e. The van der Waals surface area contributed by atoms with Crippen LogP contribution in [0.2, 0.25) is 0 Å². The smallest absolute Gasteiger partial charge is 0.299 e. The minimum Gasteiger partial charge on any atom is -0.299 e. The highest BCUT2D eigenvalue weighted by atomic mass is 19.4. The number of hydrogen-bond donors (Lipinski definition) is 0. The van der Waals surface area contributed by atoms with Gasteiger partial charge in [0, 0.05) is 5.41 Å². The lowest BCUT2D eigenvalue weighted by Gasteiger charge is -2.15. The molecule has 94 valence electrons. The highest BCUT2D eigenvalue weighted by Crippen LogP contribution is 2.26. The summed E-state index contributed by atoms with van der Waals surface area (Å²) in [5.74, 6) is -0.0911. The number of hydrogen-bond acceptors (Lipinski definition) is 3. The zero-order valence-corrected chi connectivity index (χ0v) is 9.80. The topological polar surface area (TPSA) is 42.9 Å². The van der Waals surface area contributed by atoms with Crippen molar-refractivity contribution in [2.45, 2.75) is 33.4 Å². The Bertz CT molecular complexity index is 404. The normalized spacial score (nSPS) is 12.6. The summed E-state index contributed by atoms with van der Waals surface area (Å²) in [6.45, 7) is 5.23. The molecule has 0 aliphatic carbocycles. The monoisotopic (exact) mass is 246 g/mol. The lowest BCUT2D eigenvalue weighted by atomic mass is 9.88. The number of carbonyl (C=O) groups is 1. The molecule has 0 saturated carbocycles. The summed E-state index contributed by atoms with van der Waals surface area (Å²) in [4.78, 5) is 11.6. The summed E-state index contributed by atoms with van der Waals surface area (Å²) >= 11 is 0. The Morgan fingerprint density at radius 2 is 1.76 bits per heavy atom. The Morgan fingerprint density at radius 1 is 1.18 bits per heavy atom. The van der Waals surface area contributed by atoms with E-state index in [2.05, 4.69) is 10.2 Å². The number of carbonyl (C=O) groups excluding carboxylic acids is 1. The van der Waals surface area contributed by atoms with Crippen molar-refractivity contribution in [1.82, 2.24) is 10.2 Å². The standard InChI is InChI=1S/C11H13F3N2O/c1-10(2,3)9(17)6-7-4-5-8(16-15-7)11(12,13)14/h4-5H,6H2,1-3H3. The van der Waals surface area contributed by atoms with Crippen LogP contribution in [0, 0.1) is 5.41 Å². The third-order valence-electron chi connectivity index (χ3n) is 2.19. The maximum absolute atomic E-state index is 12.2. The van der Waals surface area contributed by atoms with Gasteiger partial charge >= 0.3 is 6.18 Å². The highest BCUT2D eigenvalue weighted by Gasteiger charge is 2.33. The zero-order valence-electron chi connectivity index (χ0n) is 9.80. The zero-order chi connectivity index (χ0) is 13.3. The van der Waals surface area contributed by atoms with E-state index in [0.29, 0.717) is 0 Å². The third-order valence-corrected chi connectivity index (χ3v) is 2.19. The summed E-state index contributed by atoms with van der Waals surface area (Å²) in [5, 5.41) is 6.47. The summed E-state index contributed by atoms with van der Waals surface area (Å²) in [5.41, 5.74) is -1.34. The highest BCUT2D eigenvalue weighted by molar-refractivity contribution is 5.85. The van der Waals surface area contributed by atoms with Crippen LogP contribution in [-0.2, 0) is 17.4 Å². The van der Waals surface area contributed by atoms with E-state index >= 15 is 0 Å². The molecule has 0 atom stereocenters. The van der Waals surface area contributed by atoms with E-state index in [0.717, 1.165) is 6.07 Å². The lowest BCUT2D eigenvalue weighted by molar-refractivity contribution is -0.141. The second-order valence-corrected chi connectivity index (χ2v) is 4.76. The van der Waals surface area contributed by atoms with Crippen LogP contribution in [-0.4, -0.2) is 16.0 Å². The summed E-state index contributed by atoms with van der Waals surface area (Å²) < 4.78 is 36.6. The van der Waals surface area contributed by atoms with Gasteiger partial charge in [-0.15, -0.1) is 5.10 Å². The fraction of sp³-hybridized carbons (Fsp3) is 0.545. The minimum absolute atomic E-state index is 0.00532. The molecule has 0 radical (unpaired) electrons. The molecular weight excluding hydrogens is 233 g/mol. The van der Waals surface area contributed by atoms with E-state index in [1.165, 1.54) is 6.07 Å². The molecule has 17 heavy (non-hydrogen) atoms. The first-order chi connectivity index (χ1) is 7.60. The Balaban J connectivity index is 2.80. The van der Waals surface area contributed by atoms with Gasteiger partial charge in [0.15, 0.2) is 5.69 Å². The Hall–Kier alpha value is -1.46. The van der Waals surface area contributed by atoms with Gasteiger partial charge in [-0.2, -0.15) is 18.3 Å². The number of halogens is 3. The molecule has 1 heterocycles. The molecule has 0 N–H and O–H groups in total. The van der Waals surface area contributed by atoms with Gasteiger partial charge in [-0.1, -0.05) is 20.8 Å². The van der Waals surface area contributed by atoms with Crippen LogP contribution in [0.25, 0.3) is 0 Å².